The van der Waals surface area contributed by atoms with Crippen molar-refractivity contribution in [3.63, 3.8) is 0 Å². The topological polar surface area (TPSA) is 103 Å². The van der Waals surface area contributed by atoms with Crippen LogP contribution in [0.3, 0.4) is 0 Å². The first-order valence-corrected chi connectivity index (χ1v) is 8.40. The number of thiophene rings is 1. The van der Waals surface area contributed by atoms with Crippen molar-refractivity contribution < 1.29 is 28.6 Å². The van der Waals surface area contributed by atoms with Crippen LogP contribution in [0.5, 0.6) is 11.5 Å². The SMILES string of the molecule is COc1ccc(C(=O)OCC(=O)NC(=O)NCc2cccs2)cc1OC. The largest absolute Gasteiger partial charge is 0.493 e. The molecule has 0 fully saturated rings. The molecule has 0 atom stereocenters. The molecule has 0 aliphatic rings. The number of esters is 1. The molecule has 0 saturated heterocycles. The van der Waals surface area contributed by atoms with E-state index in [9.17, 15) is 14.4 Å². The second kappa shape index (κ2) is 9.42. The van der Waals surface area contributed by atoms with Crippen LogP contribution in [0.15, 0.2) is 35.7 Å². The second-order valence-electron chi connectivity index (χ2n) is 4.96. The summed E-state index contributed by atoms with van der Waals surface area (Å²) in [5.74, 6) is -0.633. The first-order valence-electron chi connectivity index (χ1n) is 7.52. The summed E-state index contributed by atoms with van der Waals surface area (Å²) >= 11 is 1.49. The zero-order chi connectivity index (χ0) is 18.9. The van der Waals surface area contributed by atoms with Gasteiger partial charge in [-0.25, -0.2) is 9.59 Å². The van der Waals surface area contributed by atoms with Crippen LogP contribution in [0.2, 0.25) is 0 Å². The molecule has 0 saturated carbocycles. The van der Waals surface area contributed by atoms with E-state index in [-0.39, 0.29) is 5.56 Å². The Kier molecular flexibility index (Phi) is 6.98. The summed E-state index contributed by atoms with van der Waals surface area (Å²) in [6.45, 7) is -0.276. The predicted octanol–water partition coefficient (Wildman–Crippen LogP) is 1.95. The summed E-state index contributed by atoms with van der Waals surface area (Å²) in [5, 5.41) is 6.50. The maximum Gasteiger partial charge on any atom is 0.338 e. The number of urea groups is 1. The molecule has 9 heteroatoms. The van der Waals surface area contributed by atoms with Crippen molar-refractivity contribution in [1.82, 2.24) is 10.6 Å². The van der Waals surface area contributed by atoms with Gasteiger partial charge in [-0.3, -0.25) is 10.1 Å². The molecule has 0 aliphatic carbocycles. The second-order valence-corrected chi connectivity index (χ2v) is 5.99. The summed E-state index contributed by atoms with van der Waals surface area (Å²) in [6, 6.07) is 7.52. The highest BCUT2D eigenvalue weighted by Crippen LogP contribution is 2.27. The molecule has 0 spiro atoms. The lowest BCUT2D eigenvalue weighted by Crippen LogP contribution is -2.41. The van der Waals surface area contributed by atoms with Gasteiger partial charge in [0.1, 0.15) is 0 Å². The van der Waals surface area contributed by atoms with Gasteiger partial charge in [-0.2, -0.15) is 0 Å². The Balaban J connectivity index is 1.79. The van der Waals surface area contributed by atoms with Gasteiger partial charge < -0.3 is 19.5 Å². The Morgan fingerprint density at radius 1 is 1.08 bits per heavy atom. The third-order valence-corrected chi connectivity index (χ3v) is 4.09. The molecule has 0 bridgehead atoms. The molecule has 8 nitrogen and oxygen atoms in total. The number of nitrogens with one attached hydrogen (secondary N) is 2. The third-order valence-electron chi connectivity index (χ3n) is 3.21. The molecule has 0 radical (unpaired) electrons. The number of carbonyl (C=O) groups excluding carboxylic acids is 3. The summed E-state index contributed by atoms with van der Waals surface area (Å²) in [6.07, 6.45) is 0. The van der Waals surface area contributed by atoms with Crippen LogP contribution in [0.25, 0.3) is 0 Å². The zero-order valence-corrected chi connectivity index (χ0v) is 15.1. The number of hydrogen-bond donors (Lipinski definition) is 2. The van der Waals surface area contributed by atoms with E-state index in [4.69, 9.17) is 14.2 Å². The van der Waals surface area contributed by atoms with Crippen LogP contribution in [-0.4, -0.2) is 38.7 Å². The fourth-order valence-corrected chi connectivity index (χ4v) is 2.61. The zero-order valence-electron chi connectivity index (χ0n) is 14.2. The summed E-state index contributed by atoms with van der Waals surface area (Å²) in [4.78, 5) is 36.2. The predicted molar refractivity (Wildman–Crippen MR) is 94.5 cm³/mol. The average Bonchev–Trinajstić information content (AvgIpc) is 3.17. The van der Waals surface area contributed by atoms with Gasteiger partial charge >= 0.3 is 12.0 Å². The minimum absolute atomic E-state index is 0.192. The molecular weight excluding hydrogens is 360 g/mol. The number of methoxy groups -OCH3 is 2. The van der Waals surface area contributed by atoms with Crippen LogP contribution >= 0.6 is 11.3 Å². The average molecular weight is 378 g/mol. The van der Waals surface area contributed by atoms with Crippen molar-refractivity contribution in [3.8, 4) is 11.5 Å². The van der Waals surface area contributed by atoms with Gasteiger partial charge in [0.15, 0.2) is 18.1 Å². The van der Waals surface area contributed by atoms with E-state index >= 15 is 0 Å². The minimum Gasteiger partial charge on any atom is -0.493 e. The van der Waals surface area contributed by atoms with E-state index in [1.165, 1.54) is 37.7 Å². The Morgan fingerprint density at radius 3 is 2.50 bits per heavy atom. The molecule has 2 aromatic rings. The Hall–Kier alpha value is -3.07. The molecule has 2 N–H and O–H groups in total. The number of rotatable bonds is 7. The molecule has 1 aromatic heterocycles. The lowest BCUT2D eigenvalue weighted by Gasteiger charge is -2.10. The number of benzene rings is 1. The van der Waals surface area contributed by atoms with Gasteiger partial charge in [-0.05, 0) is 29.6 Å². The van der Waals surface area contributed by atoms with Gasteiger partial charge in [-0.1, -0.05) is 6.07 Å². The fourth-order valence-electron chi connectivity index (χ4n) is 1.97. The highest BCUT2D eigenvalue weighted by molar-refractivity contribution is 7.09. The first-order chi connectivity index (χ1) is 12.5. The van der Waals surface area contributed by atoms with Gasteiger partial charge in [0.05, 0.1) is 26.3 Å². The molecule has 3 amide bonds. The normalized spacial score (nSPS) is 9.92. The molecule has 0 unspecified atom stereocenters. The maximum absolute atomic E-state index is 12.0. The van der Waals surface area contributed by atoms with Crippen molar-refractivity contribution in [2.24, 2.45) is 0 Å². The monoisotopic (exact) mass is 378 g/mol. The van der Waals surface area contributed by atoms with Crippen molar-refractivity contribution >= 4 is 29.2 Å². The van der Waals surface area contributed by atoms with Crippen molar-refractivity contribution in [3.05, 3.63) is 46.2 Å². The minimum atomic E-state index is -0.734. The Labute approximate surface area is 154 Å². The molecule has 0 aliphatic heterocycles. The summed E-state index contributed by atoms with van der Waals surface area (Å²) in [5.41, 5.74) is 0.192. The van der Waals surface area contributed by atoms with E-state index in [0.717, 1.165) is 4.88 Å². The highest BCUT2D eigenvalue weighted by Gasteiger charge is 2.15. The van der Waals surface area contributed by atoms with E-state index in [1.807, 2.05) is 17.5 Å². The van der Waals surface area contributed by atoms with E-state index in [2.05, 4.69) is 10.6 Å². The van der Waals surface area contributed by atoms with Gasteiger partial charge in [-0.15, -0.1) is 11.3 Å². The van der Waals surface area contributed by atoms with Crippen molar-refractivity contribution in [2.45, 2.75) is 6.54 Å². The van der Waals surface area contributed by atoms with Crippen LogP contribution in [-0.2, 0) is 16.1 Å². The van der Waals surface area contributed by atoms with Crippen LogP contribution in [0, 0.1) is 0 Å². The number of amides is 3. The van der Waals surface area contributed by atoms with Crippen LogP contribution in [0.1, 0.15) is 15.2 Å². The Bertz CT molecular complexity index is 776. The number of hydrogen-bond acceptors (Lipinski definition) is 7. The molecule has 1 heterocycles. The smallest absolute Gasteiger partial charge is 0.338 e. The lowest BCUT2D eigenvalue weighted by molar-refractivity contribution is -0.123. The van der Waals surface area contributed by atoms with Gasteiger partial charge in [0.2, 0.25) is 0 Å². The summed E-state index contributed by atoms with van der Waals surface area (Å²) < 4.78 is 15.1. The lowest BCUT2D eigenvalue weighted by atomic mass is 10.2. The fraction of sp³-hybridized carbons (Fsp3) is 0.235. The molecule has 1 aromatic carbocycles. The third kappa shape index (κ3) is 5.49. The number of ether oxygens (including phenoxy) is 3. The Morgan fingerprint density at radius 2 is 1.85 bits per heavy atom. The maximum atomic E-state index is 12.0. The van der Waals surface area contributed by atoms with Crippen LogP contribution in [0.4, 0.5) is 4.79 Å². The summed E-state index contributed by atoms with van der Waals surface area (Å²) in [7, 11) is 2.92. The van der Waals surface area contributed by atoms with E-state index < -0.39 is 24.5 Å². The highest BCUT2D eigenvalue weighted by atomic mass is 32.1. The first kappa shape index (κ1) is 19.3. The van der Waals surface area contributed by atoms with Crippen LogP contribution < -0.4 is 20.1 Å². The molecule has 26 heavy (non-hydrogen) atoms. The molecule has 2 rings (SSSR count). The number of imide groups is 1. The quantitative estimate of drug-likeness (QED) is 0.714. The van der Waals surface area contributed by atoms with E-state index in [1.54, 1.807) is 6.07 Å². The molecule has 138 valence electrons. The van der Waals surface area contributed by atoms with Crippen molar-refractivity contribution in [2.75, 3.05) is 20.8 Å². The van der Waals surface area contributed by atoms with Crippen molar-refractivity contribution in [1.29, 1.82) is 0 Å². The standard InChI is InChI=1S/C17H18N2O6S/c1-23-13-6-5-11(8-14(13)24-2)16(21)25-10-15(20)19-17(22)18-9-12-4-3-7-26-12/h3-8H,9-10H2,1-2H3,(H2,18,19,20,22). The van der Waals surface area contributed by atoms with E-state index in [0.29, 0.717) is 18.0 Å². The molecular formula is C17H18N2O6S. The number of carbonyl (C=O) groups is 3. The van der Waals surface area contributed by atoms with Gasteiger partial charge in [0, 0.05) is 4.88 Å². The van der Waals surface area contributed by atoms with Gasteiger partial charge in [0.25, 0.3) is 5.91 Å².